The molecule has 3 heterocycles. The Kier molecular flexibility index (Phi) is 4.95. The van der Waals surface area contributed by atoms with E-state index in [0.717, 1.165) is 35.8 Å². The molecule has 1 spiro atoms. The van der Waals surface area contributed by atoms with Crippen LogP contribution >= 0.6 is 22.9 Å². The van der Waals surface area contributed by atoms with Crippen molar-refractivity contribution in [2.45, 2.75) is 57.2 Å². The molecule has 1 saturated heterocycles. The van der Waals surface area contributed by atoms with Crippen LogP contribution in [0.4, 0.5) is 0 Å². The molecule has 1 N–H and O–H groups in total. The first kappa shape index (κ1) is 18.2. The van der Waals surface area contributed by atoms with Crippen LogP contribution in [0.15, 0.2) is 30.3 Å². The van der Waals surface area contributed by atoms with Crippen molar-refractivity contribution in [3.05, 3.63) is 56.2 Å². The summed E-state index contributed by atoms with van der Waals surface area (Å²) >= 11 is 8.00. The van der Waals surface area contributed by atoms with E-state index >= 15 is 0 Å². The van der Waals surface area contributed by atoms with Crippen LogP contribution in [-0.4, -0.2) is 18.4 Å². The number of hydrogen-bond donors (Lipinski definition) is 1. The summed E-state index contributed by atoms with van der Waals surface area (Å²) in [5, 5.41) is 3.73. The van der Waals surface area contributed by atoms with Crippen molar-refractivity contribution in [3.8, 4) is 0 Å². The van der Waals surface area contributed by atoms with Crippen LogP contribution in [-0.2, 0) is 28.0 Å². The van der Waals surface area contributed by atoms with Crippen LogP contribution < -0.4 is 5.32 Å². The van der Waals surface area contributed by atoms with Gasteiger partial charge in [-0.15, -0.1) is 11.3 Å². The molecule has 2 aliphatic rings. The quantitative estimate of drug-likeness (QED) is 0.818. The molecule has 0 bridgehead atoms. The van der Waals surface area contributed by atoms with E-state index in [1.165, 1.54) is 16.0 Å². The Morgan fingerprint density at radius 1 is 1.38 bits per heavy atom. The smallest absolute Gasteiger partial charge is 0.134 e. The van der Waals surface area contributed by atoms with Gasteiger partial charge in [-0.3, -0.25) is 4.79 Å². The van der Waals surface area contributed by atoms with Crippen molar-refractivity contribution < 1.29 is 9.53 Å². The minimum Gasteiger partial charge on any atom is -0.369 e. The first-order valence-corrected chi connectivity index (χ1v) is 10.4. The van der Waals surface area contributed by atoms with Gasteiger partial charge >= 0.3 is 0 Å². The molecule has 1 fully saturated rings. The highest BCUT2D eigenvalue weighted by molar-refractivity contribution is 7.16. The summed E-state index contributed by atoms with van der Waals surface area (Å²) in [6.45, 7) is 4.62. The summed E-state index contributed by atoms with van der Waals surface area (Å²) in [4.78, 5) is 12.8. The topological polar surface area (TPSA) is 38.3 Å². The Balaban J connectivity index is 1.67. The van der Waals surface area contributed by atoms with E-state index in [-0.39, 0.29) is 17.4 Å². The van der Waals surface area contributed by atoms with E-state index in [4.69, 9.17) is 16.3 Å². The highest BCUT2D eigenvalue weighted by atomic mass is 35.5. The number of fused-ring (bicyclic) bond motifs is 2. The van der Waals surface area contributed by atoms with Gasteiger partial charge in [0.15, 0.2) is 0 Å². The second kappa shape index (κ2) is 7.08. The van der Waals surface area contributed by atoms with Crippen LogP contribution in [0.3, 0.4) is 0 Å². The lowest BCUT2D eigenvalue weighted by Gasteiger charge is -2.46. The molecule has 0 amide bonds. The number of halogens is 1. The maximum Gasteiger partial charge on any atom is 0.134 e. The van der Waals surface area contributed by atoms with Crippen molar-refractivity contribution >= 4 is 28.7 Å². The second-order valence-corrected chi connectivity index (χ2v) is 9.33. The number of piperidine rings is 1. The van der Waals surface area contributed by atoms with Crippen LogP contribution in [0.1, 0.15) is 54.3 Å². The molecule has 26 heavy (non-hydrogen) atoms. The highest BCUT2D eigenvalue weighted by Gasteiger charge is 2.46. The van der Waals surface area contributed by atoms with E-state index in [1.807, 2.05) is 6.07 Å². The van der Waals surface area contributed by atoms with E-state index in [1.54, 1.807) is 18.3 Å². The van der Waals surface area contributed by atoms with Gasteiger partial charge in [-0.1, -0.05) is 35.9 Å². The predicted octanol–water partition coefficient (Wildman–Crippen LogP) is 4.81. The molecular formula is C21H24ClNO2S. The fourth-order valence-electron chi connectivity index (χ4n) is 4.48. The van der Waals surface area contributed by atoms with Gasteiger partial charge in [0.25, 0.3) is 0 Å². The van der Waals surface area contributed by atoms with Crippen molar-refractivity contribution in [2.24, 2.45) is 0 Å². The van der Waals surface area contributed by atoms with E-state index < -0.39 is 0 Å². The summed E-state index contributed by atoms with van der Waals surface area (Å²) in [6.07, 6.45) is 3.29. The van der Waals surface area contributed by atoms with E-state index in [2.05, 4.69) is 36.5 Å². The Bertz CT molecular complexity index is 833. The second-order valence-electron chi connectivity index (χ2n) is 7.65. The minimum absolute atomic E-state index is 0.192. The number of carbonyl (C=O) groups is 1. The van der Waals surface area contributed by atoms with Crippen LogP contribution in [0.5, 0.6) is 0 Å². The summed E-state index contributed by atoms with van der Waals surface area (Å²) < 4.78 is 7.27. The monoisotopic (exact) mass is 389 g/mol. The molecule has 0 aliphatic carbocycles. The van der Waals surface area contributed by atoms with Crippen molar-refractivity contribution in [1.29, 1.82) is 0 Å². The van der Waals surface area contributed by atoms with Gasteiger partial charge < -0.3 is 10.1 Å². The first-order chi connectivity index (χ1) is 12.4. The zero-order valence-corrected chi connectivity index (χ0v) is 16.8. The molecule has 0 saturated carbocycles. The summed E-state index contributed by atoms with van der Waals surface area (Å²) in [5.41, 5.74) is 3.41. The molecule has 5 heteroatoms. The maximum atomic E-state index is 11.5. The lowest BCUT2D eigenvalue weighted by atomic mass is 9.78. The third kappa shape index (κ3) is 3.48. The van der Waals surface area contributed by atoms with Gasteiger partial charge in [0.2, 0.25) is 0 Å². The Labute approximate surface area is 163 Å². The number of rotatable bonds is 3. The van der Waals surface area contributed by atoms with Gasteiger partial charge in [0.05, 0.1) is 10.9 Å². The number of benzene rings is 1. The number of Topliss-reactive ketones (excluding diaryl/α,β-unsaturated/α-hetero) is 1. The number of ketones is 1. The molecule has 4 rings (SSSR count). The highest BCUT2D eigenvalue weighted by Crippen LogP contribution is 2.50. The average Bonchev–Trinajstić information content (AvgIpc) is 2.96. The first-order valence-electron chi connectivity index (χ1n) is 9.22. The lowest BCUT2D eigenvalue weighted by Crippen LogP contribution is -2.49. The third-order valence-electron chi connectivity index (χ3n) is 5.40. The third-order valence-corrected chi connectivity index (χ3v) is 6.90. The summed E-state index contributed by atoms with van der Waals surface area (Å²) in [6, 6.07) is 11.1. The SMILES string of the molecule is CC(=O)Cc1cccc([C@@H]2C[C@]3(C[C@H](C)N2)OCCc2cc(Cl)sc23)c1. The van der Waals surface area contributed by atoms with E-state index in [9.17, 15) is 4.79 Å². The Morgan fingerprint density at radius 3 is 3.04 bits per heavy atom. The molecule has 1 aromatic heterocycles. The summed E-state index contributed by atoms with van der Waals surface area (Å²) in [7, 11) is 0. The fourth-order valence-corrected chi connectivity index (χ4v) is 5.94. The van der Waals surface area contributed by atoms with Gasteiger partial charge in [-0.2, -0.15) is 0 Å². The molecule has 0 unspecified atom stereocenters. The van der Waals surface area contributed by atoms with E-state index in [0.29, 0.717) is 12.5 Å². The molecular weight excluding hydrogens is 366 g/mol. The number of thiophene rings is 1. The van der Waals surface area contributed by atoms with Crippen LogP contribution in [0, 0.1) is 0 Å². The van der Waals surface area contributed by atoms with Gasteiger partial charge in [-0.05, 0) is 49.4 Å². The molecule has 3 atom stereocenters. The Hall–Kier alpha value is -1.20. The minimum atomic E-state index is -0.253. The number of ether oxygens (including phenoxy) is 1. The predicted molar refractivity (Wildman–Crippen MR) is 106 cm³/mol. The molecule has 3 nitrogen and oxygen atoms in total. The van der Waals surface area contributed by atoms with Gasteiger partial charge in [0, 0.05) is 29.8 Å². The zero-order chi connectivity index (χ0) is 18.3. The Morgan fingerprint density at radius 2 is 2.23 bits per heavy atom. The summed E-state index contributed by atoms with van der Waals surface area (Å²) in [5.74, 6) is 0.192. The molecule has 2 aromatic rings. The van der Waals surface area contributed by atoms with Gasteiger partial charge in [-0.25, -0.2) is 0 Å². The number of carbonyl (C=O) groups excluding carboxylic acids is 1. The van der Waals surface area contributed by atoms with Gasteiger partial charge in [0.1, 0.15) is 11.4 Å². The normalized spacial score (nSPS) is 28.1. The number of nitrogens with one attached hydrogen (secondary N) is 1. The van der Waals surface area contributed by atoms with Crippen LogP contribution in [0.2, 0.25) is 4.34 Å². The molecule has 138 valence electrons. The zero-order valence-electron chi connectivity index (χ0n) is 15.2. The molecule has 1 aromatic carbocycles. The van der Waals surface area contributed by atoms with Crippen molar-refractivity contribution in [3.63, 3.8) is 0 Å². The number of hydrogen-bond acceptors (Lipinski definition) is 4. The molecule has 0 radical (unpaired) electrons. The maximum absolute atomic E-state index is 11.5. The average molecular weight is 390 g/mol. The van der Waals surface area contributed by atoms with Crippen molar-refractivity contribution in [1.82, 2.24) is 5.32 Å². The molecule has 2 aliphatic heterocycles. The van der Waals surface area contributed by atoms with Crippen molar-refractivity contribution in [2.75, 3.05) is 6.61 Å². The van der Waals surface area contributed by atoms with Crippen LogP contribution in [0.25, 0.3) is 0 Å². The lowest BCUT2D eigenvalue weighted by molar-refractivity contribution is -0.116. The largest absolute Gasteiger partial charge is 0.369 e. The fraction of sp³-hybridized carbons (Fsp3) is 0.476. The standard InChI is InChI=1S/C21H24ClNO2S/c1-13-11-21(20-17(6-7-25-21)10-19(22)26-20)12-18(23-13)16-5-3-4-15(9-16)8-14(2)24/h3-5,9-10,13,18,23H,6-8,11-12H2,1-2H3/t13-,18-,21-/m0/s1.